The first-order chi connectivity index (χ1) is 12.1. The highest BCUT2D eigenvalue weighted by Crippen LogP contribution is 2.18. The van der Waals surface area contributed by atoms with E-state index in [-0.39, 0.29) is 30.2 Å². The number of furan rings is 1. The Morgan fingerprint density at radius 3 is 3.00 bits per heavy atom. The summed E-state index contributed by atoms with van der Waals surface area (Å²) in [6, 6.07) is 10.3. The van der Waals surface area contributed by atoms with Crippen LogP contribution in [0.2, 0.25) is 0 Å². The Hall–Kier alpha value is -2.80. The predicted octanol–water partition coefficient (Wildman–Crippen LogP) is 1.73. The van der Waals surface area contributed by atoms with Crippen molar-refractivity contribution in [3.05, 3.63) is 48.4 Å². The van der Waals surface area contributed by atoms with Crippen LogP contribution in [0.1, 0.15) is 17.5 Å². The fourth-order valence-corrected chi connectivity index (χ4v) is 2.70. The maximum absolute atomic E-state index is 12.3. The van der Waals surface area contributed by atoms with Crippen LogP contribution in [0.25, 0.3) is 0 Å². The van der Waals surface area contributed by atoms with E-state index in [1.54, 1.807) is 36.4 Å². The second kappa shape index (κ2) is 7.85. The minimum Gasteiger partial charge on any atom is -0.484 e. The van der Waals surface area contributed by atoms with E-state index < -0.39 is 0 Å². The van der Waals surface area contributed by atoms with E-state index in [1.807, 2.05) is 11.8 Å². The van der Waals surface area contributed by atoms with Crippen LogP contribution in [0.15, 0.2) is 47.1 Å². The van der Waals surface area contributed by atoms with Gasteiger partial charge in [0.05, 0.1) is 6.26 Å². The van der Waals surface area contributed by atoms with Gasteiger partial charge < -0.3 is 24.7 Å². The van der Waals surface area contributed by atoms with Gasteiger partial charge in [0.25, 0.3) is 11.8 Å². The molecule has 1 aromatic heterocycles. The van der Waals surface area contributed by atoms with Crippen molar-refractivity contribution in [2.45, 2.75) is 13.0 Å². The molecule has 0 aliphatic carbocycles. The topological polar surface area (TPSA) is 83.8 Å². The van der Waals surface area contributed by atoms with Crippen LogP contribution in [0.4, 0.5) is 5.69 Å². The largest absolute Gasteiger partial charge is 0.484 e. The minimum atomic E-state index is -0.340. The Morgan fingerprint density at radius 2 is 2.24 bits per heavy atom. The number of anilines is 1. The van der Waals surface area contributed by atoms with Crippen molar-refractivity contribution in [3.8, 4) is 5.75 Å². The van der Waals surface area contributed by atoms with Gasteiger partial charge in [0.2, 0.25) is 0 Å². The first-order valence-corrected chi connectivity index (χ1v) is 8.21. The van der Waals surface area contributed by atoms with Crippen LogP contribution in [-0.4, -0.2) is 49.0 Å². The number of nitrogens with zero attached hydrogens (tertiary/aromatic N) is 1. The number of amides is 2. The van der Waals surface area contributed by atoms with Crippen LogP contribution in [0, 0.1) is 0 Å². The molecule has 0 spiro atoms. The zero-order valence-electron chi connectivity index (χ0n) is 14.0. The van der Waals surface area contributed by atoms with Gasteiger partial charge in [-0.05, 0) is 31.2 Å². The lowest BCUT2D eigenvalue weighted by molar-refractivity contribution is -0.136. The molecule has 2 amide bonds. The number of benzene rings is 1. The molecule has 3 rings (SSSR count). The van der Waals surface area contributed by atoms with Gasteiger partial charge in [0.15, 0.2) is 12.4 Å². The summed E-state index contributed by atoms with van der Waals surface area (Å²) >= 11 is 0. The summed E-state index contributed by atoms with van der Waals surface area (Å²) in [6.07, 6.45) is 1.44. The Morgan fingerprint density at radius 1 is 1.36 bits per heavy atom. The predicted molar refractivity (Wildman–Crippen MR) is 92.6 cm³/mol. The summed E-state index contributed by atoms with van der Waals surface area (Å²) in [5.41, 5.74) is 0.571. The van der Waals surface area contributed by atoms with Gasteiger partial charge in [-0.15, -0.1) is 0 Å². The molecule has 1 saturated heterocycles. The molecule has 1 aliphatic rings. The molecule has 2 heterocycles. The molecule has 1 aromatic carbocycles. The highest BCUT2D eigenvalue weighted by molar-refractivity contribution is 6.02. The van der Waals surface area contributed by atoms with Gasteiger partial charge in [0.1, 0.15) is 5.75 Å². The Kier molecular flexibility index (Phi) is 5.35. The molecule has 7 heteroatoms. The van der Waals surface area contributed by atoms with E-state index in [0.29, 0.717) is 18.0 Å². The molecule has 0 bridgehead atoms. The van der Waals surface area contributed by atoms with E-state index in [0.717, 1.165) is 13.1 Å². The van der Waals surface area contributed by atoms with Crippen LogP contribution < -0.4 is 15.4 Å². The number of nitrogens with one attached hydrogen (secondary N) is 2. The van der Waals surface area contributed by atoms with Crippen LogP contribution >= 0.6 is 0 Å². The Labute approximate surface area is 145 Å². The fraction of sp³-hybridized carbons (Fsp3) is 0.333. The number of hydrogen-bond acceptors (Lipinski definition) is 5. The maximum Gasteiger partial charge on any atom is 0.291 e. The molecule has 0 unspecified atom stereocenters. The van der Waals surface area contributed by atoms with Crippen LogP contribution in [0.3, 0.4) is 0 Å². The first-order valence-electron chi connectivity index (χ1n) is 8.21. The molecule has 1 fully saturated rings. The second-order valence-electron chi connectivity index (χ2n) is 5.89. The van der Waals surface area contributed by atoms with Gasteiger partial charge in [-0.25, -0.2) is 0 Å². The van der Waals surface area contributed by atoms with Crippen molar-refractivity contribution in [1.82, 2.24) is 10.2 Å². The van der Waals surface area contributed by atoms with E-state index in [4.69, 9.17) is 9.15 Å². The molecule has 1 atom stereocenters. The number of ether oxygens (including phenoxy) is 1. The highest BCUT2D eigenvalue weighted by Gasteiger charge is 2.23. The average Bonchev–Trinajstić information content (AvgIpc) is 3.15. The van der Waals surface area contributed by atoms with Gasteiger partial charge in [-0.3, -0.25) is 9.59 Å². The summed E-state index contributed by atoms with van der Waals surface area (Å²) in [4.78, 5) is 26.1. The number of hydrogen-bond donors (Lipinski definition) is 2. The standard InChI is InChI=1S/C18H21N3O4/c1-13-11-19-7-8-21(13)17(22)12-25-15-5-2-4-14(10-15)20-18(23)16-6-3-9-24-16/h2-6,9-10,13,19H,7-8,11-12H2,1H3,(H,20,23)/t13-/m1/s1. The first kappa shape index (κ1) is 17.0. The molecule has 2 N–H and O–H groups in total. The number of carbonyl (C=O) groups is 2. The molecular formula is C18H21N3O4. The minimum absolute atomic E-state index is 0.0279. The Balaban J connectivity index is 1.56. The zero-order valence-corrected chi connectivity index (χ0v) is 14.0. The lowest BCUT2D eigenvalue weighted by Crippen LogP contribution is -2.53. The SMILES string of the molecule is C[C@@H]1CNCCN1C(=O)COc1cccc(NC(=O)c2ccco2)c1. The van der Waals surface area contributed by atoms with E-state index in [9.17, 15) is 9.59 Å². The molecule has 1 aliphatic heterocycles. The maximum atomic E-state index is 12.3. The van der Waals surface area contributed by atoms with Gasteiger partial charge in [-0.2, -0.15) is 0 Å². The highest BCUT2D eigenvalue weighted by atomic mass is 16.5. The Bertz CT molecular complexity index is 730. The summed E-state index contributed by atoms with van der Waals surface area (Å²) < 4.78 is 10.7. The van der Waals surface area contributed by atoms with Crippen molar-refractivity contribution >= 4 is 17.5 Å². The molecule has 7 nitrogen and oxygen atoms in total. The summed E-state index contributed by atoms with van der Waals surface area (Å²) in [5.74, 6) is 0.370. The molecule has 0 radical (unpaired) electrons. The molecule has 0 saturated carbocycles. The van der Waals surface area contributed by atoms with Gasteiger partial charge in [0, 0.05) is 37.4 Å². The van der Waals surface area contributed by atoms with Crippen molar-refractivity contribution in [1.29, 1.82) is 0 Å². The summed E-state index contributed by atoms with van der Waals surface area (Å²) in [5, 5.41) is 5.97. The van der Waals surface area contributed by atoms with E-state index in [2.05, 4.69) is 10.6 Å². The van der Waals surface area contributed by atoms with Gasteiger partial charge in [-0.1, -0.05) is 6.07 Å². The van der Waals surface area contributed by atoms with Crippen molar-refractivity contribution in [2.24, 2.45) is 0 Å². The smallest absolute Gasteiger partial charge is 0.291 e. The van der Waals surface area contributed by atoms with E-state index >= 15 is 0 Å². The second-order valence-corrected chi connectivity index (χ2v) is 5.89. The monoisotopic (exact) mass is 343 g/mol. The van der Waals surface area contributed by atoms with Crippen molar-refractivity contribution in [3.63, 3.8) is 0 Å². The average molecular weight is 343 g/mol. The number of rotatable bonds is 5. The van der Waals surface area contributed by atoms with E-state index in [1.165, 1.54) is 6.26 Å². The molecule has 132 valence electrons. The number of piperazine rings is 1. The van der Waals surface area contributed by atoms with Crippen LogP contribution in [0.5, 0.6) is 5.75 Å². The molecular weight excluding hydrogens is 322 g/mol. The lowest BCUT2D eigenvalue weighted by atomic mass is 10.2. The van der Waals surface area contributed by atoms with Gasteiger partial charge >= 0.3 is 0 Å². The quantitative estimate of drug-likeness (QED) is 0.864. The third-order valence-electron chi connectivity index (χ3n) is 4.02. The normalized spacial score (nSPS) is 17.2. The third kappa shape index (κ3) is 4.39. The summed E-state index contributed by atoms with van der Waals surface area (Å²) in [7, 11) is 0. The van der Waals surface area contributed by atoms with Crippen molar-refractivity contribution in [2.75, 3.05) is 31.6 Å². The fourth-order valence-electron chi connectivity index (χ4n) is 2.70. The lowest BCUT2D eigenvalue weighted by Gasteiger charge is -2.33. The molecule has 2 aromatic rings. The zero-order chi connectivity index (χ0) is 17.6. The molecule has 25 heavy (non-hydrogen) atoms. The van der Waals surface area contributed by atoms with Crippen LogP contribution in [-0.2, 0) is 4.79 Å². The van der Waals surface area contributed by atoms with Crippen molar-refractivity contribution < 1.29 is 18.7 Å². The summed E-state index contributed by atoms with van der Waals surface area (Å²) in [6.45, 7) is 4.25. The third-order valence-corrected chi connectivity index (χ3v) is 4.02. The number of carbonyl (C=O) groups excluding carboxylic acids is 2.